The number of carbonyl (C=O) groups is 1. The number of carbonyl (C=O) groups excluding carboxylic acids is 1. The number of aliphatic hydroxyl groups is 1. The first-order valence-corrected chi connectivity index (χ1v) is 8.13. The second-order valence-electron chi connectivity index (χ2n) is 5.99. The first-order chi connectivity index (χ1) is 12.1. The number of methoxy groups -OCH3 is 1. The number of aliphatic hydroxyl groups excluding tert-OH is 1. The number of anilines is 1. The molecule has 132 valence electrons. The minimum atomic E-state index is -0.673. The Labute approximate surface area is 147 Å². The SMILES string of the molecule is COc1ccc(-c2ccccc2)cc1NC(=O)N(C)[C@H]1COC[C@@H]1O. The lowest BCUT2D eigenvalue weighted by Crippen LogP contribution is -2.45. The van der Waals surface area contributed by atoms with E-state index in [-0.39, 0.29) is 18.7 Å². The highest BCUT2D eigenvalue weighted by Crippen LogP contribution is 2.31. The number of benzene rings is 2. The summed E-state index contributed by atoms with van der Waals surface area (Å²) in [7, 11) is 3.21. The molecule has 0 saturated carbocycles. The number of rotatable bonds is 4. The summed E-state index contributed by atoms with van der Waals surface area (Å²) in [6, 6.07) is 14.9. The van der Waals surface area contributed by atoms with Crippen LogP contribution in [0.25, 0.3) is 11.1 Å². The van der Waals surface area contributed by atoms with E-state index in [2.05, 4.69) is 5.32 Å². The molecule has 0 bridgehead atoms. The van der Waals surface area contributed by atoms with Crippen LogP contribution in [0.5, 0.6) is 5.75 Å². The van der Waals surface area contributed by atoms with Gasteiger partial charge in [-0.15, -0.1) is 0 Å². The van der Waals surface area contributed by atoms with Gasteiger partial charge in [-0.25, -0.2) is 4.79 Å². The van der Waals surface area contributed by atoms with Crippen LogP contribution >= 0.6 is 0 Å². The van der Waals surface area contributed by atoms with Crippen molar-refractivity contribution in [1.82, 2.24) is 4.90 Å². The van der Waals surface area contributed by atoms with Crippen molar-refractivity contribution in [3.05, 3.63) is 48.5 Å². The van der Waals surface area contributed by atoms with Gasteiger partial charge in [-0.1, -0.05) is 36.4 Å². The van der Waals surface area contributed by atoms with Gasteiger partial charge in [0, 0.05) is 7.05 Å². The fraction of sp³-hybridized carbons (Fsp3) is 0.316. The normalized spacial score (nSPS) is 19.5. The number of ether oxygens (including phenoxy) is 2. The van der Waals surface area contributed by atoms with E-state index in [0.29, 0.717) is 18.0 Å². The Balaban J connectivity index is 1.82. The number of urea groups is 1. The molecule has 2 amide bonds. The van der Waals surface area contributed by atoms with Gasteiger partial charge in [0.1, 0.15) is 5.75 Å². The Hall–Kier alpha value is -2.57. The lowest BCUT2D eigenvalue weighted by atomic mass is 10.0. The maximum atomic E-state index is 12.6. The largest absolute Gasteiger partial charge is 0.495 e. The fourth-order valence-corrected chi connectivity index (χ4v) is 2.87. The van der Waals surface area contributed by atoms with Crippen LogP contribution in [0.2, 0.25) is 0 Å². The third-order valence-electron chi connectivity index (χ3n) is 4.39. The lowest BCUT2D eigenvalue weighted by Gasteiger charge is -2.26. The predicted molar refractivity (Wildman–Crippen MR) is 95.8 cm³/mol. The Kier molecular flexibility index (Phi) is 5.21. The zero-order valence-corrected chi connectivity index (χ0v) is 14.3. The highest BCUT2D eigenvalue weighted by atomic mass is 16.5. The van der Waals surface area contributed by atoms with Gasteiger partial charge in [0.2, 0.25) is 0 Å². The Bertz CT molecular complexity index is 735. The van der Waals surface area contributed by atoms with E-state index in [9.17, 15) is 9.90 Å². The highest BCUT2D eigenvalue weighted by molar-refractivity contribution is 5.92. The third-order valence-corrected chi connectivity index (χ3v) is 4.39. The number of hydrogen-bond donors (Lipinski definition) is 2. The Morgan fingerprint density at radius 2 is 1.96 bits per heavy atom. The van der Waals surface area contributed by atoms with Crippen molar-refractivity contribution in [2.45, 2.75) is 12.1 Å². The molecule has 1 heterocycles. The maximum absolute atomic E-state index is 12.6. The van der Waals surface area contributed by atoms with Crippen molar-refractivity contribution in [3.63, 3.8) is 0 Å². The van der Waals surface area contributed by atoms with Gasteiger partial charge < -0.3 is 24.8 Å². The molecule has 1 aliphatic heterocycles. The van der Waals surface area contributed by atoms with Crippen molar-refractivity contribution in [3.8, 4) is 16.9 Å². The standard InChI is InChI=1S/C19H22N2O4/c1-21(16-11-25-12-17(16)22)19(23)20-15-10-14(8-9-18(15)24-2)13-6-4-3-5-7-13/h3-10,16-17,22H,11-12H2,1-2H3,(H,20,23)/t16-,17-/m0/s1. The van der Waals surface area contributed by atoms with Crippen molar-refractivity contribution < 1.29 is 19.4 Å². The summed E-state index contributed by atoms with van der Waals surface area (Å²) < 4.78 is 10.6. The average Bonchev–Trinajstić information content (AvgIpc) is 3.07. The van der Waals surface area contributed by atoms with E-state index < -0.39 is 6.10 Å². The fourth-order valence-electron chi connectivity index (χ4n) is 2.87. The van der Waals surface area contributed by atoms with E-state index in [1.165, 1.54) is 4.90 Å². The van der Waals surface area contributed by atoms with E-state index in [4.69, 9.17) is 9.47 Å². The zero-order valence-electron chi connectivity index (χ0n) is 14.3. The maximum Gasteiger partial charge on any atom is 0.322 e. The van der Waals surface area contributed by atoms with Gasteiger partial charge in [-0.2, -0.15) is 0 Å². The molecule has 3 rings (SSSR count). The van der Waals surface area contributed by atoms with Crippen molar-refractivity contribution in [2.24, 2.45) is 0 Å². The van der Waals surface area contributed by atoms with Gasteiger partial charge in [-0.05, 0) is 23.3 Å². The quantitative estimate of drug-likeness (QED) is 0.896. The Morgan fingerprint density at radius 3 is 2.60 bits per heavy atom. The summed E-state index contributed by atoms with van der Waals surface area (Å²) in [6.45, 7) is 0.571. The molecule has 6 heteroatoms. The Morgan fingerprint density at radius 1 is 1.20 bits per heavy atom. The second-order valence-corrected chi connectivity index (χ2v) is 5.99. The molecular formula is C19H22N2O4. The first-order valence-electron chi connectivity index (χ1n) is 8.13. The summed E-state index contributed by atoms with van der Waals surface area (Å²) in [5.74, 6) is 0.574. The summed E-state index contributed by atoms with van der Waals surface area (Å²) in [6.07, 6.45) is -0.673. The van der Waals surface area contributed by atoms with E-state index >= 15 is 0 Å². The number of nitrogens with one attached hydrogen (secondary N) is 1. The third kappa shape index (κ3) is 3.75. The topological polar surface area (TPSA) is 71.0 Å². The summed E-state index contributed by atoms with van der Waals surface area (Å²) in [5.41, 5.74) is 2.60. The first kappa shape index (κ1) is 17.3. The molecule has 0 unspecified atom stereocenters. The van der Waals surface area contributed by atoms with Crippen LogP contribution in [0, 0.1) is 0 Å². The van der Waals surface area contributed by atoms with Crippen LogP contribution in [-0.2, 0) is 4.74 Å². The van der Waals surface area contributed by atoms with E-state index in [1.807, 2.05) is 48.5 Å². The molecule has 2 N–H and O–H groups in total. The molecule has 1 fully saturated rings. The zero-order chi connectivity index (χ0) is 17.8. The summed E-state index contributed by atoms with van der Waals surface area (Å²) >= 11 is 0. The smallest absolute Gasteiger partial charge is 0.322 e. The minimum absolute atomic E-state index is 0.245. The summed E-state index contributed by atoms with van der Waals surface area (Å²) in [5, 5.41) is 12.8. The number of likely N-dealkylation sites (N-methyl/N-ethyl adjacent to an activating group) is 1. The highest BCUT2D eigenvalue weighted by Gasteiger charge is 2.32. The van der Waals surface area contributed by atoms with Crippen LogP contribution in [0.15, 0.2) is 48.5 Å². The molecule has 2 aromatic carbocycles. The van der Waals surface area contributed by atoms with Gasteiger partial charge in [-0.3, -0.25) is 0 Å². The summed E-state index contributed by atoms with van der Waals surface area (Å²) in [4.78, 5) is 14.0. The molecule has 0 aliphatic carbocycles. The van der Waals surface area contributed by atoms with Gasteiger partial charge in [0.15, 0.2) is 0 Å². The van der Waals surface area contributed by atoms with E-state index in [0.717, 1.165) is 11.1 Å². The predicted octanol–water partition coefficient (Wildman–Crippen LogP) is 2.59. The number of amides is 2. The average molecular weight is 342 g/mol. The number of nitrogens with zero attached hydrogens (tertiary/aromatic N) is 1. The van der Waals surface area contributed by atoms with Crippen LogP contribution in [0.3, 0.4) is 0 Å². The van der Waals surface area contributed by atoms with Crippen LogP contribution < -0.4 is 10.1 Å². The van der Waals surface area contributed by atoms with Crippen molar-refractivity contribution in [1.29, 1.82) is 0 Å². The minimum Gasteiger partial charge on any atom is -0.495 e. The lowest BCUT2D eigenvalue weighted by molar-refractivity contribution is 0.106. The second kappa shape index (κ2) is 7.55. The van der Waals surface area contributed by atoms with Gasteiger partial charge in [0.25, 0.3) is 0 Å². The monoisotopic (exact) mass is 342 g/mol. The van der Waals surface area contributed by atoms with Crippen molar-refractivity contribution >= 4 is 11.7 Å². The van der Waals surface area contributed by atoms with Crippen LogP contribution in [0.1, 0.15) is 0 Å². The van der Waals surface area contributed by atoms with Crippen LogP contribution in [0.4, 0.5) is 10.5 Å². The molecule has 0 aromatic heterocycles. The molecule has 1 aliphatic rings. The van der Waals surface area contributed by atoms with Crippen molar-refractivity contribution in [2.75, 3.05) is 32.7 Å². The molecule has 0 radical (unpaired) electrons. The van der Waals surface area contributed by atoms with Crippen LogP contribution in [-0.4, -0.2) is 55.6 Å². The van der Waals surface area contributed by atoms with Gasteiger partial charge in [0.05, 0.1) is 38.2 Å². The molecule has 0 spiro atoms. The molecule has 1 saturated heterocycles. The molecule has 2 atom stereocenters. The molecule has 25 heavy (non-hydrogen) atoms. The molecule has 2 aromatic rings. The van der Waals surface area contributed by atoms with Gasteiger partial charge >= 0.3 is 6.03 Å². The van der Waals surface area contributed by atoms with E-state index in [1.54, 1.807) is 14.2 Å². The number of hydrogen-bond acceptors (Lipinski definition) is 4. The molecular weight excluding hydrogens is 320 g/mol. The molecule has 6 nitrogen and oxygen atoms in total.